The molecule has 0 amide bonds. The third kappa shape index (κ3) is 5.70. The van der Waals surface area contributed by atoms with Crippen molar-refractivity contribution in [3.63, 3.8) is 0 Å². The van der Waals surface area contributed by atoms with Gasteiger partial charge in [-0.15, -0.1) is 36.2 Å². The number of hydrogen-bond acceptors (Lipinski definition) is 7. The van der Waals surface area contributed by atoms with Crippen LogP contribution in [0.2, 0.25) is 0 Å². The number of furan rings is 4. The summed E-state index contributed by atoms with van der Waals surface area (Å²) in [6.07, 6.45) is 23.9. The summed E-state index contributed by atoms with van der Waals surface area (Å²) in [6, 6.07) is 14.0. The van der Waals surface area contributed by atoms with Crippen LogP contribution < -0.4 is 0 Å². The monoisotopic (exact) mass is 1020 g/mol. The molecule has 0 aliphatic carbocycles. The fourth-order valence-electron chi connectivity index (χ4n) is 5.84. The summed E-state index contributed by atoms with van der Waals surface area (Å²) < 4.78 is 30.3. The van der Waals surface area contributed by atoms with Crippen LogP contribution in [0.25, 0.3) is 88.8 Å². The van der Waals surface area contributed by atoms with Crippen molar-refractivity contribution < 1.29 is 59.8 Å². The van der Waals surface area contributed by atoms with Gasteiger partial charge in [-0.3, -0.25) is 0 Å². The van der Waals surface area contributed by atoms with Crippen molar-refractivity contribution in [3.05, 3.63) is 105 Å². The van der Waals surface area contributed by atoms with E-state index in [1.807, 2.05) is 80.4 Å². The molecule has 0 N–H and O–H groups in total. The molecule has 0 unspecified atom stereocenters. The fraction of sp³-hybridized carbons (Fsp3) is 0.108. The second kappa shape index (κ2) is 13.0. The van der Waals surface area contributed by atoms with Gasteiger partial charge >= 0.3 is 21.1 Å². The number of benzene rings is 2. The largest absolute Gasteiger partial charge is 2.00 e. The molecule has 13 heteroatoms. The van der Waals surface area contributed by atoms with E-state index in [1.165, 1.54) is 0 Å². The van der Waals surface area contributed by atoms with Crippen LogP contribution in [0.4, 0.5) is 0 Å². The maximum atomic E-state index is 5.76. The molecule has 0 bridgehead atoms. The zero-order valence-corrected chi connectivity index (χ0v) is 31.4. The molecule has 0 aliphatic rings. The van der Waals surface area contributed by atoms with Crippen molar-refractivity contribution in [1.29, 1.82) is 0 Å². The van der Waals surface area contributed by atoms with E-state index in [1.54, 1.807) is 40.5 Å². The molecule has 0 saturated heterocycles. The van der Waals surface area contributed by atoms with Crippen LogP contribution in [0, 0.1) is 30.9 Å². The Morgan fingerprint density at radius 1 is 0.600 bits per heavy atom. The molecule has 2 aromatic carbocycles. The second-order valence-electron chi connectivity index (χ2n) is 11.7. The first-order chi connectivity index (χ1) is 23.4. The minimum atomic E-state index is 0. The van der Waals surface area contributed by atoms with Gasteiger partial charge < -0.3 is 45.9 Å². The average molecular weight is 1020 g/mol. The molecule has 0 spiro atoms. The van der Waals surface area contributed by atoms with E-state index in [-0.39, 0.29) is 42.1 Å². The zero-order chi connectivity index (χ0) is 32.5. The summed E-state index contributed by atoms with van der Waals surface area (Å²) in [6.45, 7) is 0. The number of aromatic nitrogens is 7. The van der Waals surface area contributed by atoms with Gasteiger partial charge in [-0.05, 0) is 31.9 Å². The number of nitrogens with zero attached hydrogens (tertiary/aromatic N) is 7. The first-order valence-electron chi connectivity index (χ1n) is 14.9. The van der Waals surface area contributed by atoms with Crippen molar-refractivity contribution in [1.82, 2.24) is 33.2 Å². The third-order valence-corrected chi connectivity index (χ3v) is 8.13. The van der Waals surface area contributed by atoms with Gasteiger partial charge in [0.05, 0.1) is 47.2 Å². The van der Waals surface area contributed by atoms with Crippen LogP contribution in [0.1, 0.15) is 0 Å². The van der Waals surface area contributed by atoms with Gasteiger partial charge in [-0.1, -0.05) is 68.6 Å². The number of aryl methyl sites for hydroxylation is 4. The van der Waals surface area contributed by atoms with E-state index >= 15 is 0 Å². The molecule has 10 rings (SSSR count). The third-order valence-electron chi connectivity index (χ3n) is 8.13. The van der Waals surface area contributed by atoms with E-state index in [0.29, 0.717) is 5.76 Å². The van der Waals surface area contributed by atoms with E-state index in [9.17, 15) is 0 Å². The molecule has 8 aromatic heterocycles. The predicted molar refractivity (Wildman–Crippen MR) is 177 cm³/mol. The summed E-state index contributed by atoms with van der Waals surface area (Å²) in [5, 5.41) is 5.41. The van der Waals surface area contributed by atoms with E-state index in [0.717, 1.165) is 83.0 Å². The number of imidazole rings is 3. The summed E-state index contributed by atoms with van der Waals surface area (Å²) in [7, 11) is 7.66. The van der Waals surface area contributed by atoms with Crippen LogP contribution in [-0.2, 0) is 70.3 Å². The van der Waals surface area contributed by atoms with E-state index in [4.69, 9.17) is 17.7 Å². The van der Waals surface area contributed by atoms with E-state index < -0.39 is 0 Å². The standard InChI is InChI=1S/C19H12N3O2.C18H12N4O2.2Pt/c1-21-4-3-12(7-21)19-14-6-15-16(17-8-22(2)11-20-17)10-23-18(15)5-13(14)9-24-19;1-21-5-15(19-9-21)14-8-23-17-3-11-7-24-18(12(11)4-13(14)17)16-6-22(2)10-20-16;;/h4-5,7-10H,1-2H3;3,5-8,10H,1-2H3;;/q-3;-2;;+2. The van der Waals surface area contributed by atoms with Crippen molar-refractivity contribution >= 4 is 43.5 Å². The Bertz CT molecular complexity index is 2400. The molecule has 0 fully saturated rings. The van der Waals surface area contributed by atoms with Gasteiger partial charge in [0.2, 0.25) is 0 Å². The molecule has 0 aliphatic heterocycles. The molecule has 0 saturated carbocycles. The molecule has 0 radical (unpaired) electrons. The SMILES string of the molecule is Cn1[c-]nc(-c2coc3cc4coc(-c5[c-]cn(C)c5)c4[c-]c23)c1.Cn1[c-]nc(-c2coc3cc4coc(-c5cn(C)cn5)c4[c-]c23)c1.[Pt+2].[Pt]. The number of hydrogen-bond donors (Lipinski definition) is 0. The molecular weight excluding hydrogens is 997 g/mol. The van der Waals surface area contributed by atoms with Crippen molar-refractivity contribution in [2.75, 3.05) is 0 Å². The average Bonchev–Trinajstić information content (AvgIpc) is 3.90. The number of fused-ring (bicyclic) bond motifs is 4. The maximum Gasteiger partial charge on any atom is 2.00 e. The van der Waals surface area contributed by atoms with Crippen LogP contribution in [0.5, 0.6) is 0 Å². The van der Waals surface area contributed by atoms with Crippen LogP contribution in [0.15, 0.2) is 92.2 Å². The Labute approximate surface area is 313 Å². The Morgan fingerprint density at radius 3 is 1.64 bits per heavy atom. The maximum absolute atomic E-state index is 5.76. The predicted octanol–water partition coefficient (Wildman–Crippen LogP) is 7.56. The van der Waals surface area contributed by atoms with Gasteiger partial charge in [0.25, 0.3) is 0 Å². The first kappa shape index (κ1) is 33.4. The van der Waals surface area contributed by atoms with Crippen molar-refractivity contribution in [2.45, 2.75) is 0 Å². The minimum absolute atomic E-state index is 0. The molecule has 10 aromatic rings. The summed E-state index contributed by atoms with van der Waals surface area (Å²) in [5.74, 6) is 1.46. The van der Waals surface area contributed by atoms with Crippen molar-refractivity contribution in [2.24, 2.45) is 28.2 Å². The molecule has 254 valence electrons. The van der Waals surface area contributed by atoms with Gasteiger partial charge in [-0.2, -0.15) is 0 Å². The molecule has 11 nitrogen and oxygen atoms in total. The Balaban J connectivity index is 0.000000151. The molecule has 8 heterocycles. The summed E-state index contributed by atoms with van der Waals surface area (Å²) in [4.78, 5) is 12.9. The van der Waals surface area contributed by atoms with Gasteiger partial charge in [-0.25, -0.2) is 4.98 Å². The zero-order valence-electron chi connectivity index (χ0n) is 26.8. The minimum Gasteiger partial charge on any atom is -0.508 e. The van der Waals surface area contributed by atoms with Gasteiger partial charge in [0, 0.05) is 59.5 Å². The second-order valence-corrected chi connectivity index (χ2v) is 11.7. The molecule has 50 heavy (non-hydrogen) atoms. The van der Waals surface area contributed by atoms with Crippen molar-refractivity contribution in [3.8, 4) is 45.3 Å². The molecule has 0 atom stereocenters. The van der Waals surface area contributed by atoms with Crippen LogP contribution in [0.3, 0.4) is 0 Å². The van der Waals surface area contributed by atoms with E-state index in [2.05, 4.69) is 45.8 Å². The molecular formula is C37H24N7O4Pt2-3. The smallest absolute Gasteiger partial charge is 0.508 e. The van der Waals surface area contributed by atoms with Gasteiger partial charge in [0.15, 0.2) is 0 Å². The van der Waals surface area contributed by atoms with Crippen LogP contribution >= 0.6 is 0 Å². The van der Waals surface area contributed by atoms with Crippen LogP contribution in [-0.4, -0.2) is 33.2 Å². The summed E-state index contributed by atoms with van der Waals surface area (Å²) in [5.41, 5.74) is 6.57. The quantitative estimate of drug-likeness (QED) is 0.168. The number of rotatable bonds is 4. The summed E-state index contributed by atoms with van der Waals surface area (Å²) >= 11 is 0. The fourth-order valence-corrected chi connectivity index (χ4v) is 5.84. The Kier molecular flexibility index (Phi) is 8.66. The normalized spacial score (nSPS) is 11.3. The topological polar surface area (TPSA) is 111 Å². The van der Waals surface area contributed by atoms with Gasteiger partial charge in [0.1, 0.15) is 0 Å². The Hall–Kier alpha value is -5.11. The Morgan fingerprint density at radius 2 is 1.16 bits per heavy atom. The first-order valence-corrected chi connectivity index (χ1v) is 14.9.